The van der Waals surface area contributed by atoms with Crippen LogP contribution in [0.1, 0.15) is 11.1 Å². The lowest BCUT2D eigenvalue weighted by molar-refractivity contribution is -0.122. The second-order valence-electron chi connectivity index (χ2n) is 7.88. The van der Waals surface area contributed by atoms with Crippen LogP contribution in [0.5, 0.6) is 5.75 Å². The molecule has 1 heterocycles. The molecule has 4 rings (SSSR count). The van der Waals surface area contributed by atoms with E-state index in [-0.39, 0.29) is 28.6 Å². The Bertz CT molecular complexity index is 1450. The van der Waals surface area contributed by atoms with Gasteiger partial charge < -0.3 is 10.1 Å². The molecule has 0 radical (unpaired) electrons. The first-order chi connectivity index (χ1) is 17.6. The van der Waals surface area contributed by atoms with Gasteiger partial charge in [0.2, 0.25) is 0 Å². The maximum absolute atomic E-state index is 13.1. The van der Waals surface area contributed by atoms with Crippen LogP contribution in [-0.4, -0.2) is 30.4 Å². The van der Waals surface area contributed by atoms with Crippen LogP contribution >= 0.6 is 34.8 Å². The van der Waals surface area contributed by atoms with E-state index >= 15 is 0 Å². The molecule has 0 aromatic heterocycles. The van der Waals surface area contributed by atoms with Crippen LogP contribution in [-0.2, 0) is 14.4 Å². The van der Waals surface area contributed by atoms with Crippen molar-refractivity contribution in [1.82, 2.24) is 5.32 Å². The molecule has 5 amide bonds. The number of hydrogen-bond donors (Lipinski definition) is 2. The van der Waals surface area contributed by atoms with E-state index in [0.29, 0.717) is 26.9 Å². The molecule has 0 aliphatic carbocycles. The number of imide groups is 2. The first-order valence-electron chi connectivity index (χ1n) is 10.8. The quantitative estimate of drug-likeness (QED) is 0.301. The van der Waals surface area contributed by atoms with Crippen LogP contribution in [0, 0.1) is 6.92 Å². The van der Waals surface area contributed by atoms with E-state index in [2.05, 4.69) is 10.6 Å². The van der Waals surface area contributed by atoms with E-state index < -0.39 is 23.8 Å². The van der Waals surface area contributed by atoms with Gasteiger partial charge in [-0.25, -0.2) is 9.69 Å². The molecule has 1 saturated heterocycles. The van der Waals surface area contributed by atoms with Gasteiger partial charge in [-0.2, -0.15) is 0 Å². The minimum Gasteiger partial charge on any atom is -0.482 e. The van der Waals surface area contributed by atoms with Crippen molar-refractivity contribution in [3.63, 3.8) is 0 Å². The van der Waals surface area contributed by atoms with Crippen molar-refractivity contribution < 1.29 is 23.9 Å². The molecule has 37 heavy (non-hydrogen) atoms. The van der Waals surface area contributed by atoms with Crippen molar-refractivity contribution in [3.8, 4) is 5.75 Å². The minimum absolute atomic E-state index is 0.149. The molecule has 11 heteroatoms. The van der Waals surface area contributed by atoms with Crippen molar-refractivity contribution in [2.24, 2.45) is 0 Å². The Hall–Kier alpha value is -3.85. The number of amides is 5. The Balaban J connectivity index is 1.49. The zero-order valence-electron chi connectivity index (χ0n) is 19.2. The number of carbonyl (C=O) groups is 4. The lowest BCUT2D eigenvalue weighted by Crippen LogP contribution is -2.54. The molecule has 1 aliphatic rings. The summed E-state index contributed by atoms with van der Waals surface area (Å²) < 4.78 is 5.49. The molecule has 3 aromatic rings. The number of benzene rings is 3. The van der Waals surface area contributed by atoms with Crippen LogP contribution < -0.4 is 20.3 Å². The van der Waals surface area contributed by atoms with Gasteiger partial charge in [-0.05, 0) is 72.7 Å². The largest absolute Gasteiger partial charge is 0.482 e. The smallest absolute Gasteiger partial charge is 0.335 e. The van der Waals surface area contributed by atoms with Crippen LogP contribution in [0.3, 0.4) is 0 Å². The monoisotopic (exact) mass is 557 g/mol. The van der Waals surface area contributed by atoms with Crippen molar-refractivity contribution in [2.45, 2.75) is 6.92 Å². The number of barbiturate groups is 1. The van der Waals surface area contributed by atoms with E-state index in [1.807, 2.05) is 0 Å². The molecule has 3 aromatic carbocycles. The summed E-state index contributed by atoms with van der Waals surface area (Å²) in [5, 5.41) is 5.89. The number of halogens is 3. The van der Waals surface area contributed by atoms with E-state index in [4.69, 9.17) is 39.5 Å². The van der Waals surface area contributed by atoms with Crippen LogP contribution in [0.4, 0.5) is 16.2 Å². The fourth-order valence-electron chi connectivity index (χ4n) is 3.48. The molecule has 2 N–H and O–H groups in total. The summed E-state index contributed by atoms with van der Waals surface area (Å²) in [7, 11) is 0. The van der Waals surface area contributed by atoms with E-state index in [1.165, 1.54) is 18.2 Å². The molecular formula is C26H18Cl3N3O5. The van der Waals surface area contributed by atoms with Gasteiger partial charge in [-0.3, -0.25) is 19.7 Å². The highest BCUT2D eigenvalue weighted by atomic mass is 35.5. The highest BCUT2D eigenvalue weighted by molar-refractivity contribution is 6.40. The van der Waals surface area contributed by atoms with E-state index in [1.54, 1.807) is 55.5 Å². The average molecular weight is 559 g/mol. The lowest BCUT2D eigenvalue weighted by Gasteiger charge is -2.27. The number of carbonyl (C=O) groups excluding carboxylic acids is 4. The highest BCUT2D eigenvalue weighted by Crippen LogP contribution is 2.31. The Morgan fingerprint density at radius 1 is 1.00 bits per heavy atom. The SMILES string of the molecule is Cc1c(Cl)cccc1N1C(=O)NC(=O)/C(=C\c2ccc(OCC(=O)Nc3ccc(Cl)cc3)c(Cl)c2)C1=O. The predicted octanol–water partition coefficient (Wildman–Crippen LogP) is 5.64. The Kier molecular flexibility index (Phi) is 7.83. The van der Waals surface area contributed by atoms with Gasteiger partial charge >= 0.3 is 6.03 Å². The summed E-state index contributed by atoms with van der Waals surface area (Å²) in [6.45, 7) is 1.35. The van der Waals surface area contributed by atoms with Gasteiger partial charge in [0.15, 0.2) is 6.61 Å². The Morgan fingerprint density at radius 3 is 2.43 bits per heavy atom. The van der Waals surface area contributed by atoms with Gasteiger partial charge in [0.05, 0.1) is 10.7 Å². The zero-order valence-corrected chi connectivity index (χ0v) is 21.4. The first kappa shape index (κ1) is 26.2. The third kappa shape index (κ3) is 5.94. The maximum Gasteiger partial charge on any atom is 0.335 e. The molecule has 8 nitrogen and oxygen atoms in total. The third-order valence-corrected chi connectivity index (χ3v) is 6.29. The number of nitrogens with zero attached hydrogens (tertiary/aromatic N) is 1. The molecule has 0 bridgehead atoms. The van der Waals surface area contributed by atoms with Gasteiger partial charge in [-0.15, -0.1) is 0 Å². The van der Waals surface area contributed by atoms with Crippen molar-refractivity contribution in [2.75, 3.05) is 16.8 Å². The Morgan fingerprint density at radius 2 is 1.73 bits per heavy atom. The molecule has 0 spiro atoms. The van der Waals surface area contributed by atoms with Gasteiger partial charge in [0.25, 0.3) is 17.7 Å². The Labute approximate surface area is 226 Å². The number of ether oxygens (including phenoxy) is 1. The first-order valence-corrected chi connectivity index (χ1v) is 11.9. The van der Waals surface area contributed by atoms with Crippen molar-refractivity contribution in [1.29, 1.82) is 0 Å². The van der Waals surface area contributed by atoms with E-state index in [9.17, 15) is 19.2 Å². The van der Waals surface area contributed by atoms with E-state index in [0.717, 1.165) is 4.90 Å². The van der Waals surface area contributed by atoms with Crippen LogP contribution in [0.15, 0.2) is 66.2 Å². The molecule has 0 atom stereocenters. The molecule has 1 fully saturated rings. The summed E-state index contributed by atoms with van der Waals surface area (Å²) in [5.74, 6) is -1.84. The van der Waals surface area contributed by atoms with Crippen molar-refractivity contribution in [3.05, 3.63) is 92.4 Å². The summed E-state index contributed by atoms with van der Waals surface area (Å²) in [5.41, 5.74) is 1.45. The van der Waals surface area contributed by atoms with Crippen LogP contribution in [0.25, 0.3) is 6.08 Å². The third-order valence-electron chi connectivity index (χ3n) is 5.34. The summed E-state index contributed by atoms with van der Waals surface area (Å²) >= 11 is 18.3. The zero-order chi connectivity index (χ0) is 26.7. The molecular weight excluding hydrogens is 541 g/mol. The maximum atomic E-state index is 13.1. The van der Waals surface area contributed by atoms with Gasteiger partial charge in [-0.1, -0.05) is 46.9 Å². The lowest BCUT2D eigenvalue weighted by atomic mass is 10.1. The second-order valence-corrected chi connectivity index (χ2v) is 9.13. The number of anilines is 2. The fourth-order valence-corrected chi connectivity index (χ4v) is 4.02. The number of nitrogens with one attached hydrogen (secondary N) is 2. The molecule has 0 saturated carbocycles. The summed E-state index contributed by atoms with van der Waals surface area (Å²) in [6.07, 6.45) is 1.31. The number of hydrogen-bond acceptors (Lipinski definition) is 5. The predicted molar refractivity (Wildman–Crippen MR) is 142 cm³/mol. The normalized spacial score (nSPS) is 14.5. The number of urea groups is 1. The minimum atomic E-state index is -0.879. The summed E-state index contributed by atoms with van der Waals surface area (Å²) in [6, 6.07) is 15.0. The second kappa shape index (κ2) is 11.0. The number of rotatable bonds is 6. The highest BCUT2D eigenvalue weighted by Gasteiger charge is 2.37. The topological polar surface area (TPSA) is 105 Å². The summed E-state index contributed by atoms with van der Waals surface area (Å²) in [4.78, 5) is 51.1. The molecule has 188 valence electrons. The standard InChI is InChI=1S/C26H18Cl3N3O5/c1-14-19(28)3-2-4-21(14)32-25(35)18(24(34)31-26(32)36)11-15-5-10-22(20(29)12-15)37-13-23(33)30-17-8-6-16(27)7-9-17/h2-12H,13H2,1H3,(H,30,33)(H,31,34,36)/b18-11+. The molecule has 1 aliphatic heterocycles. The average Bonchev–Trinajstić information content (AvgIpc) is 2.85. The van der Waals surface area contributed by atoms with Crippen molar-refractivity contribution >= 4 is 76.0 Å². The van der Waals surface area contributed by atoms with Gasteiger partial charge in [0, 0.05) is 15.7 Å². The molecule has 0 unspecified atom stereocenters. The fraction of sp³-hybridized carbons (Fsp3) is 0.0769. The van der Waals surface area contributed by atoms with Crippen LogP contribution in [0.2, 0.25) is 15.1 Å². The van der Waals surface area contributed by atoms with Gasteiger partial charge in [0.1, 0.15) is 11.3 Å².